The molecule has 22 heavy (non-hydrogen) atoms. The second-order valence-electron chi connectivity index (χ2n) is 4.67. The Morgan fingerprint density at radius 2 is 1.91 bits per heavy atom. The van der Waals surface area contributed by atoms with Crippen molar-refractivity contribution in [2.45, 2.75) is 32.9 Å². The monoisotopic (exact) mass is 322 g/mol. The summed E-state index contributed by atoms with van der Waals surface area (Å²) >= 11 is 0.758. The van der Waals surface area contributed by atoms with Gasteiger partial charge in [0.25, 0.3) is 0 Å². The fourth-order valence-electron chi connectivity index (χ4n) is 2.17. The van der Waals surface area contributed by atoms with E-state index in [4.69, 9.17) is 4.74 Å². The molecule has 118 valence electrons. The zero-order valence-corrected chi connectivity index (χ0v) is 13.3. The summed E-state index contributed by atoms with van der Waals surface area (Å²) in [6.45, 7) is 3.93. The molecule has 2 rings (SSSR count). The van der Waals surface area contributed by atoms with Crippen molar-refractivity contribution in [1.29, 1.82) is 0 Å². The van der Waals surface area contributed by atoms with Gasteiger partial charge in [0.05, 0.1) is 6.61 Å². The van der Waals surface area contributed by atoms with Crippen molar-refractivity contribution in [2.24, 2.45) is 0 Å². The minimum Gasteiger partial charge on any atom is -0.464 e. The quantitative estimate of drug-likeness (QED) is 0.755. The summed E-state index contributed by atoms with van der Waals surface area (Å²) in [6, 6.07) is 8.52. The van der Waals surface area contributed by atoms with Crippen LogP contribution >= 0.6 is 11.5 Å². The first-order chi connectivity index (χ1) is 10.6. The van der Waals surface area contributed by atoms with E-state index in [1.165, 1.54) is 3.96 Å². The van der Waals surface area contributed by atoms with Crippen LogP contribution in [0.2, 0.25) is 0 Å². The lowest BCUT2D eigenvalue weighted by Crippen LogP contribution is -2.34. The molecule has 0 bridgehead atoms. The van der Waals surface area contributed by atoms with Crippen molar-refractivity contribution in [3.8, 4) is 0 Å². The first-order valence-electron chi connectivity index (χ1n) is 7.11. The number of carbonyl (C=O) groups is 1. The predicted molar refractivity (Wildman–Crippen MR) is 84.3 cm³/mol. The second-order valence-corrected chi connectivity index (χ2v) is 5.59. The third kappa shape index (κ3) is 3.36. The molecule has 0 spiro atoms. The van der Waals surface area contributed by atoms with Crippen LogP contribution in [0.4, 0.5) is 0 Å². The van der Waals surface area contributed by atoms with Crippen LogP contribution in [0.25, 0.3) is 0 Å². The first kappa shape index (κ1) is 16.2. The van der Waals surface area contributed by atoms with Gasteiger partial charge in [0.2, 0.25) is 0 Å². The van der Waals surface area contributed by atoms with Gasteiger partial charge in [-0.05, 0) is 19.4 Å². The van der Waals surface area contributed by atoms with Gasteiger partial charge in [-0.15, -0.1) is 0 Å². The first-order valence-corrected chi connectivity index (χ1v) is 7.89. The van der Waals surface area contributed by atoms with Crippen molar-refractivity contribution in [2.75, 3.05) is 6.61 Å². The maximum atomic E-state index is 12.3. The molecule has 1 heterocycles. The van der Waals surface area contributed by atoms with Crippen LogP contribution in [-0.2, 0) is 22.5 Å². The summed E-state index contributed by atoms with van der Waals surface area (Å²) in [7, 11) is 0. The summed E-state index contributed by atoms with van der Waals surface area (Å²) in [5, 5.41) is 0. The summed E-state index contributed by atoms with van der Waals surface area (Å²) < 4.78 is 7.40. The Hall–Kier alpha value is -2.15. The molecular weight excluding hydrogens is 304 g/mol. The summed E-state index contributed by atoms with van der Waals surface area (Å²) in [5.41, 5.74) is 0.433. The van der Waals surface area contributed by atoms with Crippen molar-refractivity contribution >= 4 is 17.5 Å². The van der Waals surface area contributed by atoms with Gasteiger partial charge in [0, 0.05) is 24.5 Å². The molecule has 2 aromatic rings. The van der Waals surface area contributed by atoms with Gasteiger partial charge in [-0.2, -0.15) is 0 Å². The van der Waals surface area contributed by atoms with Crippen molar-refractivity contribution in [1.82, 2.24) is 8.52 Å². The number of nitrogens with zero attached hydrogens (tertiary/aromatic N) is 2. The number of carbonyl (C=O) groups excluding carboxylic acids is 1. The van der Waals surface area contributed by atoms with Crippen LogP contribution in [0.3, 0.4) is 0 Å². The van der Waals surface area contributed by atoms with Crippen LogP contribution in [0.1, 0.15) is 25.5 Å². The Kier molecular flexibility index (Phi) is 5.32. The third-order valence-corrected chi connectivity index (χ3v) is 4.23. The lowest BCUT2D eigenvalue weighted by molar-refractivity contribution is -0.146. The van der Waals surface area contributed by atoms with E-state index >= 15 is 0 Å². The Balaban J connectivity index is 2.43. The van der Waals surface area contributed by atoms with E-state index in [0.29, 0.717) is 6.42 Å². The average molecular weight is 322 g/mol. The predicted octanol–water partition coefficient (Wildman–Crippen LogP) is 1.44. The number of esters is 1. The molecule has 0 fully saturated rings. The van der Waals surface area contributed by atoms with E-state index in [0.717, 1.165) is 21.7 Å². The van der Waals surface area contributed by atoms with Crippen LogP contribution in [0.15, 0.2) is 39.9 Å². The van der Waals surface area contributed by atoms with Gasteiger partial charge in [0.1, 0.15) is 0 Å². The van der Waals surface area contributed by atoms with Gasteiger partial charge in [-0.25, -0.2) is 18.1 Å². The Labute approximate surface area is 131 Å². The SMILES string of the molecule is CCOC(=O)C(Cc1ccccc1)n1sc(=O)n(CC)c1=O. The molecule has 0 amide bonds. The smallest absolute Gasteiger partial charge is 0.341 e. The summed E-state index contributed by atoms with van der Waals surface area (Å²) in [4.78, 5) is 36.0. The molecule has 7 heteroatoms. The van der Waals surface area contributed by atoms with Gasteiger partial charge < -0.3 is 4.74 Å². The number of ether oxygens (including phenoxy) is 1. The lowest BCUT2D eigenvalue weighted by atomic mass is 10.1. The molecule has 0 aliphatic rings. The van der Waals surface area contributed by atoms with Crippen molar-refractivity contribution < 1.29 is 9.53 Å². The molecule has 0 N–H and O–H groups in total. The minimum atomic E-state index is -0.819. The second kappa shape index (κ2) is 7.22. The topological polar surface area (TPSA) is 70.3 Å². The number of hydrogen-bond acceptors (Lipinski definition) is 5. The van der Waals surface area contributed by atoms with Crippen LogP contribution in [-0.4, -0.2) is 21.1 Å². The van der Waals surface area contributed by atoms with E-state index in [1.54, 1.807) is 13.8 Å². The van der Waals surface area contributed by atoms with Crippen molar-refractivity contribution in [3.05, 3.63) is 56.0 Å². The maximum absolute atomic E-state index is 12.3. The zero-order chi connectivity index (χ0) is 16.1. The number of aromatic nitrogens is 2. The molecule has 0 aliphatic carbocycles. The molecule has 0 saturated heterocycles. The normalized spacial score (nSPS) is 12.1. The maximum Gasteiger partial charge on any atom is 0.341 e. The van der Waals surface area contributed by atoms with Gasteiger partial charge in [0.15, 0.2) is 6.04 Å². The number of benzene rings is 1. The molecule has 0 saturated carbocycles. The molecule has 6 nitrogen and oxygen atoms in total. The largest absolute Gasteiger partial charge is 0.464 e. The third-order valence-electron chi connectivity index (χ3n) is 3.25. The van der Waals surface area contributed by atoms with E-state index < -0.39 is 17.7 Å². The van der Waals surface area contributed by atoms with Gasteiger partial charge in [-0.3, -0.25) is 4.79 Å². The molecular formula is C15H18N2O4S. The van der Waals surface area contributed by atoms with Gasteiger partial charge in [-0.1, -0.05) is 30.3 Å². The minimum absolute atomic E-state index is 0.224. The van der Waals surface area contributed by atoms with E-state index in [2.05, 4.69) is 0 Å². The Morgan fingerprint density at radius 1 is 1.23 bits per heavy atom. The molecule has 1 aromatic carbocycles. The van der Waals surface area contributed by atoms with E-state index in [-0.39, 0.29) is 18.0 Å². The van der Waals surface area contributed by atoms with E-state index in [1.807, 2.05) is 30.3 Å². The zero-order valence-electron chi connectivity index (χ0n) is 12.5. The molecule has 1 aromatic heterocycles. The van der Waals surface area contributed by atoms with Crippen LogP contribution in [0, 0.1) is 0 Å². The highest BCUT2D eigenvalue weighted by Crippen LogP contribution is 2.16. The summed E-state index contributed by atoms with van der Waals surface area (Å²) in [6.07, 6.45) is 0.309. The fraction of sp³-hybridized carbons (Fsp3) is 0.400. The molecule has 0 radical (unpaired) electrons. The lowest BCUT2D eigenvalue weighted by Gasteiger charge is -2.15. The number of hydrogen-bond donors (Lipinski definition) is 0. The molecule has 0 aliphatic heterocycles. The average Bonchev–Trinajstić information content (AvgIpc) is 2.80. The van der Waals surface area contributed by atoms with Crippen LogP contribution < -0.4 is 10.6 Å². The van der Waals surface area contributed by atoms with E-state index in [9.17, 15) is 14.4 Å². The number of rotatable bonds is 6. The fourth-order valence-corrected chi connectivity index (χ4v) is 3.11. The molecule has 1 atom stereocenters. The highest BCUT2D eigenvalue weighted by atomic mass is 32.1. The highest BCUT2D eigenvalue weighted by Gasteiger charge is 2.26. The Bertz CT molecular complexity index is 745. The standard InChI is InChI=1S/C15H18N2O4S/c1-3-16-14(19)17(22-15(16)20)12(13(18)21-4-2)10-11-8-6-5-7-9-11/h5-9,12H,3-4,10H2,1-2H3. The van der Waals surface area contributed by atoms with Gasteiger partial charge >= 0.3 is 16.5 Å². The Morgan fingerprint density at radius 3 is 2.45 bits per heavy atom. The van der Waals surface area contributed by atoms with Crippen molar-refractivity contribution in [3.63, 3.8) is 0 Å². The van der Waals surface area contributed by atoms with Crippen LogP contribution in [0.5, 0.6) is 0 Å². The highest BCUT2D eigenvalue weighted by molar-refractivity contribution is 7.03. The molecule has 1 unspecified atom stereocenters. The summed E-state index contributed by atoms with van der Waals surface area (Å²) in [5.74, 6) is -0.502.